The number of nitrogens with zero attached hydrogens (tertiary/aromatic N) is 2. The van der Waals surface area contributed by atoms with Crippen LogP contribution in [0.3, 0.4) is 0 Å². The van der Waals surface area contributed by atoms with Crippen LogP contribution in [0.25, 0.3) is 0 Å². The van der Waals surface area contributed by atoms with Crippen LogP contribution < -0.4 is 0 Å². The van der Waals surface area contributed by atoms with Gasteiger partial charge in [0.1, 0.15) is 0 Å². The van der Waals surface area contributed by atoms with Crippen molar-refractivity contribution in [1.29, 1.82) is 0 Å². The molecule has 1 aromatic carbocycles. The summed E-state index contributed by atoms with van der Waals surface area (Å²) in [6.45, 7) is 2.81. The maximum absolute atomic E-state index is 12.5. The Morgan fingerprint density at radius 3 is 2.50 bits per heavy atom. The largest absolute Gasteiger partial charge is 0.336 e. The number of halogens is 1. The summed E-state index contributed by atoms with van der Waals surface area (Å²) < 4.78 is 24.1. The highest BCUT2D eigenvalue weighted by Crippen LogP contribution is 2.20. The molecule has 0 radical (unpaired) electrons. The summed E-state index contributed by atoms with van der Waals surface area (Å²) in [5, 5.41) is 0. The number of carbonyl (C=O) groups excluding carboxylic acids is 1. The van der Waals surface area contributed by atoms with Crippen molar-refractivity contribution in [2.24, 2.45) is 0 Å². The molecule has 0 unspecified atom stereocenters. The van der Waals surface area contributed by atoms with E-state index < -0.39 is 9.84 Å². The Hall–Kier alpha value is -0.920. The number of sulfone groups is 1. The highest BCUT2D eigenvalue weighted by atomic mass is 79.9. The quantitative estimate of drug-likeness (QED) is 0.770. The van der Waals surface area contributed by atoms with Crippen LogP contribution in [-0.4, -0.2) is 67.9 Å². The second-order valence-electron chi connectivity index (χ2n) is 5.90. The summed E-state index contributed by atoms with van der Waals surface area (Å²) in [6, 6.07) is 7.54. The Balaban J connectivity index is 1.59. The van der Waals surface area contributed by atoms with Gasteiger partial charge in [0.2, 0.25) is 0 Å². The number of hydrogen-bond acceptors (Lipinski definition) is 4. The average Bonchev–Trinajstić information content (AvgIpc) is 2.87. The summed E-state index contributed by atoms with van der Waals surface area (Å²) >= 11 is 3.38. The van der Waals surface area contributed by atoms with Crippen molar-refractivity contribution in [1.82, 2.24) is 9.80 Å². The second-order valence-corrected chi connectivity index (χ2v) is 9.04. The van der Waals surface area contributed by atoms with Crippen molar-refractivity contribution < 1.29 is 13.2 Å². The van der Waals surface area contributed by atoms with Crippen LogP contribution in [0.1, 0.15) is 16.8 Å². The average molecular weight is 387 g/mol. The van der Waals surface area contributed by atoms with Crippen molar-refractivity contribution >= 4 is 31.7 Å². The lowest BCUT2D eigenvalue weighted by Crippen LogP contribution is -2.52. The first-order valence-electron chi connectivity index (χ1n) is 7.44. The van der Waals surface area contributed by atoms with Crippen molar-refractivity contribution in [3.05, 3.63) is 34.3 Å². The number of hydrogen-bond donors (Lipinski definition) is 0. The van der Waals surface area contributed by atoms with E-state index >= 15 is 0 Å². The Kier molecular flexibility index (Phi) is 4.56. The molecule has 0 N–H and O–H groups in total. The minimum atomic E-state index is -2.85. The zero-order chi connectivity index (χ0) is 15.7. The van der Waals surface area contributed by atoms with Gasteiger partial charge in [0, 0.05) is 42.3 Å². The molecule has 7 heteroatoms. The number of benzene rings is 1. The fourth-order valence-electron chi connectivity index (χ4n) is 3.16. The first kappa shape index (κ1) is 16.0. The van der Waals surface area contributed by atoms with Crippen molar-refractivity contribution in [3.63, 3.8) is 0 Å². The van der Waals surface area contributed by atoms with Gasteiger partial charge in [0.25, 0.3) is 5.91 Å². The molecule has 0 aliphatic carbocycles. The van der Waals surface area contributed by atoms with Gasteiger partial charge in [-0.25, -0.2) is 8.42 Å². The van der Waals surface area contributed by atoms with Crippen molar-refractivity contribution in [3.8, 4) is 0 Å². The third kappa shape index (κ3) is 3.52. The number of piperazine rings is 1. The van der Waals surface area contributed by atoms with Gasteiger partial charge in [-0.1, -0.05) is 22.0 Å². The van der Waals surface area contributed by atoms with E-state index in [9.17, 15) is 13.2 Å². The fourth-order valence-corrected chi connectivity index (χ4v) is 5.32. The third-order valence-corrected chi connectivity index (χ3v) is 6.64. The minimum absolute atomic E-state index is 0.0417. The highest BCUT2D eigenvalue weighted by Gasteiger charge is 2.34. The van der Waals surface area contributed by atoms with Crippen molar-refractivity contribution in [2.45, 2.75) is 12.5 Å². The molecule has 2 aliphatic rings. The smallest absolute Gasteiger partial charge is 0.253 e. The predicted octanol–water partition coefficient (Wildman–Crippen LogP) is 1.39. The minimum Gasteiger partial charge on any atom is -0.336 e. The fraction of sp³-hybridized carbons (Fsp3) is 0.533. The lowest BCUT2D eigenvalue weighted by molar-refractivity contribution is 0.0588. The molecule has 1 aromatic rings. The first-order valence-corrected chi connectivity index (χ1v) is 10.1. The normalized spacial score (nSPS) is 25.3. The second kappa shape index (κ2) is 6.29. The summed E-state index contributed by atoms with van der Waals surface area (Å²) in [7, 11) is -2.85. The van der Waals surface area contributed by atoms with Crippen LogP contribution in [0.15, 0.2) is 28.7 Å². The molecule has 120 valence electrons. The van der Waals surface area contributed by atoms with Gasteiger partial charge in [0.15, 0.2) is 9.84 Å². The molecule has 2 saturated heterocycles. The summed E-state index contributed by atoms with van der Waals surface area (Å²) in [4.78, 5) is 16.5. The summed E-state index contributed by atoms with van der Waals surface area (Å²) in [5.41, 5.74) is 0.686. The Morgan fingerprint density at radius 1 is 1.18 bits per heavy atom. The van der Waals surface area contributed by atoms with Crippen LogP contribution in [0.4, 0.5) is 0 Å². The number of rotatable bonds is 2. The predicted molar refractivity (Wildman–Crippen MR) is 88.7 cm³/mol. The van der Waals surface area contributed by atoms with Gasteiger partial charge in [-0.15, -0.1) is 0 Å². The molecule has 22 heavy (non-hydrogen) atoms. The van der Waals surface area contributed by atoms with Gasteiger partial charge in [-0.2, -0.15) is 0 Å². The maximum atomic E-state index is 12.5. The highest BCUT2D eigenvalue weighted by molar-refractivity contribution is 9.10. The Morgan fingerprint density at radius 2 is 1.91 bits per heavy atom. The van der Waals surface area contributed by atoms with Gasteiger partial charge < -0.3 is 4.90 Å². The molecule has 0 spiro atoms. The van der Waals surface area contributed by atoms with E-state index in [1.807, 2.05) is 29.2 Å². The monoisotopic (exact) mass is 386 g/mol. The lowest BCUT2D eigenvalue weighted by atomic mass is 10.1. The zero-order valence-electron chi connectivity index (χ0n) is 12.2. The topological polar surface area (TPSA) is 57.7 Å². The van der Waals surface area contributed by atoms with Crippen molar-refractivity contribution in [2.75, 3.05) is 37.7 Å². The molecule has 5 nitrogen and oxygen atoms in total. The van der Waals surface area contributed by atoms with Gasteiger partial charge in [-0.3, -0.25) is 9.69 Å². The Labute approximate surface area is 139 Å². The lowest BCUT2D eigenvalue weighted by Gasteiger charge is -2.37. The van der Waals surface area contributed by atoms with Gasteiger partial charge >= 0.3 is 0 Å². The summed E-state index contributed by atoms with van der Waals surface area (Å²) in [6.07, 6.45) is 0.724. The molecule has 1 atom stereocenters. The Bertz CT molecular complexity index is 669. The van der Waals surface area contributed by atoms with Gasteiger partial charge in [0.05, 0.1) is 11.5 Å². The molecule has 2 heterocycles. The van der Waals surface area contributed by atoms with Crippen LogP contribution in [0.2, 0.25) is 0 Å². The van der Waals surface area contributed by atoms with Crippen LogP contribution in [-0.2, 0) is 9.84 Å². The SMILES string of the molecule is O=C(c1cccc(Br)c1)N1CCN([C@@H]2CCS(=O)(=O)C2)CC1. The van der Waals surface area contributed by atoms with Gasteiger partial charge in [-0.05, 0) is 24.6 Å². The molecule has 3 rings (SSSR count). The number of carbonyl (C=O) groups is 1. The molecular formula is C15H19BrN2O3S. The van der Waals surface area contributed by atoms with Crippen LogP contribution in [0.5, 0.6) is 0 Å². The van der Waals surface area contributed by atoms with E-state index in [2.05, 4.69) is 20.8 Å². The van der Waals surface area contributed by atoms with E-state index in [1.54, 1.807) is 0 Å². The molecular weight excluding hydrogens is 368 g/mol. The first-order chi connectivity index (χ1) is 10.4. The van der Waals surface area contributed by atoms with Crippen LogP contribution in [0, 0.1) is 0 Å². The maximum Gasteiger partial charge on any atom is 0.253 e. The molecule has 0 bridgehead atoms. The molecule has 2 fully saturated rings. The molecule has 1 amide bonds. The van der Waals surface area contributed by atoms with E-state index in [0.717, 1.165) is 24.0 Å². The van der Waals surface area contributed by atoms with E-state index in [-0.39, 0.29) is 17.7 Å². The van der Waals surface area contributed by atoms with E-state index in [4.69, 9.17) is 0 Å². The molecule has 0 aromatic heterocycles. The van der Waals surface area contributed by atoms with Crippen LogP contribution >= 0.6 is 15.9 Å². The van der Waals surface area contributed by atoms with E-state index in [0.29, 0.717) is 24.4 Å². The zero-order valence-corrected chi connectivity index (χ0v) is 14.6. The molecule has 2 aliphatic heterocycles. The third-order valence-electron chi connectivity index (χ3n) is 4.40. The molecule has 0 saturated carbocycles. The van der Waals surface area contributed by atoms with E-state index in [1.165, 1.54) is 0 Å². The summed E-state index contributed by atoms with van der Waals surface area (Å²) in [5.74, 6) is 0.613. The standard InChI is InChI=1S/C15H19BrN2O3S/c16-13-3-1-2-12(10-13)15(19)18-7-5-17(6-8-18)14-4-9-22(20,21)11-14/h1-3,10,14H,4-9,11H2/t14-/m1/s1. The number of amides is 1.